The number of hydrogen-bond donors (Lipinski definition) is 4. The highest BCUT2D eigenvalue weighted by atomic mass is 16.5. The highest BCUT2D eigenvalue weighted by Crippen LogP contribution is 2.25. The van der Waals surface area contributed by atoms with Crippen molar-refractivity contribution in [3.05, 3.63) is 23.8 Å². The molecule has 94 valence electrons. The Bertz CT molecular complexity index is 395. The van der Waals surface area contributed by atoms with E-state index in [0.717, 1.165) is 0 Å². The lowest BCUT2D eigenvalue weighted by molar-refractivity contribution is -0.145. The summed E-state index contributed by atoms with van der Waals surface area (Å²) in [6.45, 7) is 1.98. The lowest BCUT2D eigenvalue weighted by Gasteiger charge is -2.14. The summed E-state index contributed by atoms with van der Waals surface area (Å²) in [5, 5.41) is 18.5. The predicted molar refractivity (Wildman–Crippen MR) is 61.2 cm³/mol. The van der Waals surface area contributed by atoms with Crippen molar-refractivity contribution in [3.63, 3.8) is 0 Å². The Morgan fingerprint density at radius 3 is 2.71 bits per heavy atom. The van der Waals surface area contributed by atoms with Crippen LogP contribution in [-0.2, 0) is 16.0 Å². The van der Waals surface area contributed by atoms with Crippen molar-refractivity contribution in [2.45, 2.75) is 19.4 Å². The maximum Gasteiger partial charge on any atom is 0.324 e. The second-order valence-corrected chi connectivity index (χ2v) is 3.50. The van der Waals surface area contributed by atoms with Crippen molar-refractivity contribution in [2.24, 2.45) is 5.84 Å². The quantitative estimate of drug-likeness (QED) is 0.250. The fourth-order valence-electron chi connectivity index (χ4n) is 1.38. The number of phenols is 2. The summed E-state index contributed by atoms with van der Waals surface area (Å²) < 4.78 is 4.83. The lowest BCUT2D eigenvalue weighted by atomic mass is 10.1. The molecule has 1 aromatic rings. The number of carbonyl (C=O) groups excluding carboxylic acids is 1. The number of rotatable bonds is 5. The van der Waals surface area contributed by atoms with Gasteiger partial charge in [-0.05, 0) is 31.0 Å². The molecule has 0 saturated heterocycles. The van der Waals surface area contributed by atoms with Crippen molar-refractivity contribution in [2.75, 3.05) is 6.61 Å². The van der Waals surface area contributed by atoms with Crippen LogP contribution >= 0.6 is 0 Å². The van der Waals surface area contributed by atoms with E-state index in [0.29, 0.717) is 5.56 Å². The number of aromatic hydroxyl groups is 2. The molecule has 0 saturated carbocycles. The zero-order valence-electron chi connectivity index (χ0n) is 9.51. The third kappa shape index (κ3) is 3.61. The molecule has 6 heteroatoms. The Morgan fingerprint density at radius 2 is 2.18 bits per heavy atom. The number of ether oxygens (including phenoxy) is 1. The number of carbonyl (C=O) groups is 1. The summed E-state index contributed by atoms with van der Waals surface area (Å²) in [7, 11) is 0. The first kappa shape index (κ1) is 13.3. The number of esters is 1. The molecule has 0 amide bonds. The van der Waals surface area contributed by atoms with Crippen LogP contribution in [0.2, 0.25) is 0 Å². The summed E-state index contributed by atoms with van der Waals surface area (Å²) in [6.07, 6.45) is 0.267. The first-order chi connectivity index (χ1) is 8.08. The van der Waals surface area contributed by atoms with E-state index in [2.05, 4.69) is 5.43 Å². The van der Waals surface area contributed by atoms with Crippen molar-refractivity contribution in [3.8, 4) is 11.5 Å². The second kappa shape index (κ2) is 6.07. The van der Waals surface area contributed by atoms with Crippen LogP contribution < -0.4 is 11.3 Å². The minimum absolute atomic E-state index is 0.206. The van der Waals surface area contributed by atoms with Gasteiger partial charge in [0.05, 0.1) is 6.61 Å². The molecule has 6 nitrogen and oxygen atoms in total. The van der Waals surface area contributed by atoms with Gasteiger partial charge in [-0.25, -0.2) is 5.43 Å². The molecule has 0 aromatic heterocycles. The molecule has 0 heterocycles. The van der Waals surface area contributed by atoms with Crippen molar-refractivity contribution < 1.29 is 19.7 Å². The molecule has 0 aliphatic heterocycles. The van der Waals surface area contributed by atoms with Gasteiger partial charge >= 0.3 is 5.97 Å². The molecule has 5 N–H and O–H groups in total. The zero-order chi connectivity index (χ0) is 12.8. The van der Waals surface area contributed by atoms with Gasteiger partial charge in [0.2, 0.25) is 0 Å². The first-order valence-corrected chi connectivity index (χ1v) is 5.22. The third-order valence-electron chi connectivity index (χ3n) is 2.25. The molecule has 0 fully saturated rings. The molecular weight excluding hydrogens is 224 g/mol. The molecule has 1 atom stereocenters. The average Bonchev–Trinajstić information content (AvgIpc) is 2.30. The van der Waals surface area contributed by atoms with Gasteiger partial charge in [-0.3, -0.25) is 10.6 Å². The third-order valence-corrected chi connectivity index (χ3v) is 2.25. The van der Waals surface area contributed by atoms with Gasteiger partial charge in [0, 0.05) is 0 Å². The molecule has 1 rings (SSSR count). The van der Waals surface area contributed by atoms with Crippen LogP contribution in [0.25, 0.3) is 0 Å². The van der Waals surface area contributed by atoms with Gasteiger partial charge in [0.1, 0.15) is 6.04 Å². The molecule has 0 aliphatic rings. The number of hydrazine groups is 1. The Morgan fingerprint density at radius 1 is 1.47 bits per heavy atom. The van der Waals surface area contributed by atoms with Crippen LogP contribution in [0.4, 0.5) is 0 Å². The molecule has 0 radical (unpaired) electrons. The molecule has 0 aliphatic carbocycles. The molecule has 1 aromatic carbocycles. The number of phenolic OH excluding ortho intramolecular Hbond substituents is 2. The van der Waals surface area contributed by atoms with Crippen molar-refractivity contribution in [1.29, 1.82) is 0 Å². The van der Waals surface area contributed by atoms with Gasteiger partial charge in [0.25, 0.3) is 0 Å². The van der Waals surface area contributed by atoms with E-state index < -0.39 is 12.0 Å². The average molecular weight is 240 g/mol. The van der Waals surface area contributed by atoms with Gasteiger partial charge in [-0.1, -0.05) is 6.07 Å². The van der Waals surface area contributed by atoms with E-state index in [1.807, 2.05) is 0 Å². The van der Waals surface area contributed by atoms with Gasteiger partial charge in [-0.2, -0.15) is 0 Å². The molecule has 0 spiro atoms. The zero-order valence-corrected chi connectivity index (χ0v) is 9.51. The van der Waals surface area contributed by atoms with Gasteiger partial charge < -0.3 is 14.9 Å². The highest BCUT2D eigenvalue weighted by Gasteiger charge is 2.18. The fourth-order valence-corrected chi connectivity index (χ4v) is 1.38. The number of nitrogens with two attached hydrogens (primary N) is 1. The summed E-state index contributed by atoms with van der Waals surface area (Å²) in [5.41, 5.74) is 3.01. The maximum absolute atomic E-state index is 11.5. The smallest absolute Gasteiger partial charge is 0.324 e. The van der Waals surface area contributed by atoms with Crippen LogP contribution in [0.15, 0.2) is 18.2 Å². The summed E-state index contributed by atoms with van der Waals surface area (Å²) >= 11 is 0. The van der Waals surface area contributed by atoms with Gasteiger partial charge in [-0.15, -0.1) is 0 Å². The molecule has 17 heavy (non-hydrogen) atoms. The van der Waals surface area contributed by atoms with Crippen LogP contribution in [0.3, 0.4) is 0 Å². The monoisotopic (exact) mass is 240 g/mol. The summed E-state index contributed by atoms with van der Waals surface area (Å²) in [4.78, 5) is 11.5. The minimum Gasteiger partial charge on any atom is -0.504 e. The molecule has 0 bridgehead atoms. The topological polar surface area (TPSA) is 105 Å². The second-order valence-electron chi connectivity index (χ2n) is 3.50. The Hall–Kier alpha value is -1.79. The Balaban J connectivity index is 2.73. The predicted octanol–water partition coefficient (Wildman–Crippen LogP) is 0.0353. The van der Waals surface area contributed by atoms with Crippen molar-refractivity contribution in [1.82, 2.24) is 5.43 Å². The van der Waals surface area contributed by atoms with Crippen LogP contribution in [-0.4, -0.2) is 28.8 Å². The van der Waals surface area contributed by atoms with Crippen LogP contribution in [0.5, 0.6) is 11.5 Å². The normalized spacial score (nSPS) is 12.1. The van der Waals surface area contributed by atoms with Crippen LogP contribution in [0, 0.1) is 0 Å². The van der Waals surface area contributed by atoms with E-state index >= 15 is 0 Å². The molecule has 1 unspecified atom stereocenters. The minimum atomic E-state index is -0.682. The van der Waals surface area contributed by atoms with E-state index in [4.69, 9.17) is 15.7 Å². The Labute approximate surface area is 99.0 Å². The standard InChI is InChI=1S/C11H16N2O4/c1-2-17-11(16)8(13-12)5-7-3-4-9(14)10(15)6-7/h3-4,6,8,13-15H,2,5,12H2,1H3. The summed E-state index contributed by atoms with van der Waals surface area (Å²) in [6, 6.07) is 3.64. The molecular formula is C11H16N2O4. The summed E-state index contributed by atoms with van der Waals surface area (Å²) in [5.74, 6) is 4.36. The fraction of sp³-hybridized carbons (Fsp3) is 0.364. The lowest BCUT2D eigenvalue weighted by Crippen LogP contribution is -2.43. The number of hydrogen-bond acceptors (Lipinski definition) is 6. The van der Waals surface area contributed by atoms with Gasteiger partial charge in [0.15, 0.2) is 11.5 Å². The SMILES string of the molecule is CCOC(=O)C(Cc1ccc(O)c(O)c1)NN. The first-order valence-electron chi connectivity index (χ1n) is 5.22. The van der Waals surface area contributed by atoms with E-state index in [-0.39, 0.29) is 24.5 Å². The van der Waals surface area contributed by atoms with E-state index in [1.165, 1.54) is 12.1 Å². The van der Waals surface area contributed by atoms with E-state index in [9.17, 15) is 9.90 Å². The van der Waals surface area contributed by atoms with Crippen molar-refractivity contribution >= 4 is 5.97 Å². The number of nitrogens with one attached hydrogen (secondary N) is 1. The van der Waals surface area contributed by atoms with E-state index in [1.54, 1.807) is 13.0 Å². The Kier molecular flexibility index (Phi) is 4.74. The highest BCUT2D eigenvalue weighted by molar-refractivity contribution is 5.76. The maximum atomic E-state index is 11.5. The largest absolute Gasteiger partial charge is 0.504 e. The number of benzene rings is 1. The van der Waals surface area contributed by atoms with Crippen LogP contribution in [0.1, 0.15) is 12.5 Å².